The molecule has 0 N–H and O–H groups in total. The zero-order valence-electron chi connectivity index (χ0n) is 20.5. The maximum Gasteiger partial charge on any atom is 0.343 e. The van der Waals surface area contributed by atoms with E-state index < -0.39 is 5.97 Å². The number of esters is 1. The van der Waals surface area contributed by atoms with Crippen LogP contribution in [-0.4, -0.2) is 31.9 Å². The van der Waals surface area contributed by atoms with Gasteiger partial charge in [-0.2, -0.15) is 0 Å². The summed E-state index contributed by atoms with van der Waals surface area (Å²) in [7, 11) is 0. The highest BCUT2D eigenvalue weighted by atomic mass is 16.5. The maximum absolute atomic E-state index is 12.4. The van der Waals surface area contributed by atoms with E-state index >= 15 is 0 Å². The fourth-order valence-corrected chi connectivity index (χ4v) is 3.43. The van der Waals surface area contributed by atoms with Crippen molar-refractivity contribution in [1.82, 2.24) is 0 Å². The van der Waals surface area contributed by atoms with Gasteiger partial charge in [0.05, 0.1) is 18.3 Å². The summed E-state index contributed by atoms with van der Waals surface area (Å²) in [6.45, 7) is 8.00. The van der Waals surface area contributed by atoms with Gasteiger partial charge in [0.15, 0.2) is 0 Å². The van der Waals surface area contributed by atoms with E-state index in [-0.39, 0.29) is 6.10 Å². The fraction of sp³-hybridized carbons (Fsp3) is 0.536. The summed E-state index contributed by atoms with van der Waals surface area (Å²) in [5, 5.41) is 0. The van der Waals surface area contributed by atoms with Gasteiger partial charge in [-0.3, -0.25) is 0 Å². The van der Waals surface area contributed by atoms with Gasteiger partial charge in [-0.05, 0) is 68.8 Å². The molecule has 0 aliphatic carbocycles. The van der Waals surface area contributed by atoms with Crippen molar-refractivity contribution in [2.24, 2.45) is 0 Å². The quantitative estimate of drug-likeness (QED) is 0.143. The molecule has 2 aromatic rings. The van der Waals surface area contributed by atoms with Gasteiger partial charge >= 0.3 is 5.97 Å². The first-order valence-electron chi connectivity index (χ1n) is 12.4. The van der Waals surface area contributed by atoms with E-state index in [4.69, 9.17) is 18.9 Å². The number of rotatable bonds is 17. The summed E-state index contributed by atoms with van der Waals surface area (Å²) >= 11 is 0. The smallest absolute Gasteiger partial charge is 0.343 e. The topological polar surface area (TPSA) is 54.0 Å². The average molecular weight is 457 g/mol. The zero-order chi connectivity index (χ0) is 23.7. The molecule has 5 nitrogen and oxygen atoms in total. The minimum Gasteiger partial charge on any atom is -0.494 e. The average Bonchev–Trinajstić information content (AvgIpc) is 2.83. The van der Waals surface area contributed by atoms with Crippen LogP contribution in [0.25, 0.3) is 0 Å². The van der Waals surface area contributed by atoms with Crippen molar-refractivity contribution in [2.45, 2.75) is 78.2 Å². The van der Waals surface area contributed by atoms with Gasteiger partial charge in [-0.15, -0.1) is 0 Å². The van der Waals surface area contributed by atoms with Crippen LogP contribution in [-0.2, 0) is 4.74 Å². The number of hydrogen-bond donors (Lipinski definition) is 0. The lowest BCUT2D eigenvalue weighted by atomic mass is 10.1. The molecule has 0 spiro atoms. The van der Waals surface area contributed by atoms with Crippen LogP contribution >= 0.6 is 0 Å². The first kappa shape index (κ1) is 26.7. The molecule has 0 saturated heterocycles. The molecule has 0 unspecified atom stereocenters. The number of carbonyl (C=O) groups excluding carboxylic acids is 1. The number of unbranched alkanes of at least 4 members (excludes halogenated alkanes) is 7. The fourth-order valence-electron chi connectivity index (χ4n) is 3.43. The second-order valence-corrected chi connectivity index (χ2v) is 8.29. The van der Waals surface area contributed by atoms with Crippen molar-refractivity contribution >= 4 is 5.97 Å². The van der Waals surface area contributed by atoms with Crippen LogP contribution in [0.1, 0.15) is 82.5 Å². The van der Waals surface area contributed by atoms with Crippen LogP contribution in [0.5, 0.6) is 17.2 Å². The molecule has 5 heteroatoms. The molecule has 0 amide bonds. The van der Waals surface area contributed by atoms with Gasteiger partial charge in [-0.1, -0.05) is 51.9 Å². The molecule has 33 heavy (non-hydrogen) atoms. The third-order valence-electron chi connectivity index (χ3n) is 5.33. The van der Waals surface area contributed by atoms with E-state index in [1.54, 1.807) is 36.4 Å². The molecule has 0 bridgehead atoms. The predicted molar refractivity (Wildman–Crippen MR) is 133 cm³/mol. The molecule has 0 saturated carbocycles. The van der Waals surface area contributed by atoms with Crippen molar-refractivity contribution in [3.05, 3.63) is 54.1 Å². The van der Waals surface area contributed by atoms with Gasteiger partial charge in [0.2, 0.25) is 0 Å². The Balaban J connectivity index is 1.67. The van der Waals surface area contributed by atoms with Gasteiger partial charge in [0, 0.05) is 6.61 Å². The van der Waals surface area contributed by atoms with Crippen molar-refractivity contribution in [1.29, 1.82) is 0 Å². The Morgan fingerprint density at radius 2 is 1.27 bits per heavy atom. The number of ether oxygens (including phenoxy) is 4. The summed E-state index contributed by atoms with van der Waals surface area (Å²) in [5.74, 6) is 1.56. The van der Waals surface area contributed by atoms with Crippen LogP contribution in [0.2, 0.25) is 0 Å². The molecule has 0 heterocycles. The van der Waals surface area contributed by atoms with Gasteiger partial charge in [0.25, 0.3) is 0 Å². The van der Waals surface area contributed by atoms with Crippen LogP contribution in [0.4, 0.5) is 0 Å². The third-order valence-corrected chi connectivity index (χ3v) is 5.33. The second-order valence-electron chi connectivity index (χ2n) is 8.29. The molecular formula is C28H40O5. The van der Waals surface area contributed by atoms with E-state index in [1.807, 2.05) is 26.0 Å². The summed E-state index contributed by atoms with van der Waals surface area (Å²) in [4.78, 5) is 12.4. The van der Waals surface area contributed by atoms with Crippen molar-refractivity contribution in [3.63, 3.8) is 0 Å². The normalized spacial score (nSPS) is 11.7. The molecular weight excluding hydrogens is 416 g/mol. The Morgan fingerprint density at radius 3 is 1.91 bits per heavy atom. The van der Waals surface area contributed by atoms with Crippen molar-refractivity contribution in [3.8, 4) is 17.2 Å². The highest BCUT2D eigenvalue weighted by molar-refractivity contribution is 5.91. The first-order valence-corrected chi connectivity index (χ1v) is 12.4. The summed E-state index contributed by atoms with van der Waals surface area (Å²) in [5.41, 5.74) is 0.486. The lowest BCUT2D eigenvalue weighted by molar-refractivity contribution is 0.0402. The summed E-state index contributed by atoms with van der Waals surface area (Å²) in [6, 6.07) is 14.1. The SMILES string of the molecule is CCCCCCCCCCOc1ccc(C(=O)Oc2ccc(OC[C@H](C)OCC)cc2)cc1. The molecule has 0 aliphatic heterocycles. The monoisotopic (exact) mass is 456 g/mol. The standard InChI is InChI=1S/C28H40O5/c1-4-6-7-8-9-10-11-12-21-31-25-15-13-24(14-16-25)28(29)33-27-19-17-26(18-20-27)32-22-23(3)30-5-2/h13-20,23H,4-12,21-22H2,1-3H3/t23-/m0/s1. The lowest BCUT2D eigenvalue weighted by Crippen LogP contribution is -2.17. The Kier molecular flexibility index (Phi) is 13.1. The van der Waals surface area contributed by atoms with Gasteiger partial charge < -0.3 is 18.9 Å². The summed E-state index contributed by atoms with van der Waals surface area (Å²) in [6.07, 6.45) is 10.2. The Bertz CT molecular complexity index is 770. The van der Waals surface area contributed by atoms with Crippen molar-refractivity contribution in [2.75, 3.05) is 19.8 Å². The number of carbonyl (C=O) groups is 1. The second kappa shape index (κ2) is 16.1. The number of hydrogen-bond acceptors (Lipinski definition) is 5. The zero-order valence-corrected chi connectivity index (χ0v) is 20.5. The van der Waals surface area contributed by atoms with E-state index in [1.165, 1.54) is 44.9 Å². The highest BCUT2D eigenvalue weighted by Gasteiger charge is 2.09. The van der Waals surface area contributed by atoms with E-state index in [9.17, 15) is 4.79 Å². The summed E-state index contributed by atoms with van der Waals surface area (Å²) < 4.78 is 22.4. The van der Waals surface area contributed by atoms with Crippen molar-refractivity contribution < 1.29 is 23.7 Å². The maximum atomic E-state index is 12.4. The van der Waals surface area contributed by atoms with E-state index in [2.05, 4.69) is 6.92 Å². The van der Waals surface area contributed by atoms with Crippen LogP contribution < -0.4 is 14.2 Å². The van der Waals surface area contributed by atoms with Crippen LogP contribution in [0.3, 0.4) is 0 Å². The minimum absolute atomic E-state index is 0.0276. The Morgan fingerprint density at radius 1 is 0.727 bits per heavy atom. The molecule has 0 fully saturated rings. The molecule has 1 atom stereocenters. The molecule has 0 radical (unpaired) electrons. The van der Waals surface area contributed by atoms with E-state index in [0.717, 1.165) is 12.2 Å². The van der Waals surface area contributed by atoms with Gasteiger partial charge in [0.1, 0.15) is 23.9 Å². The number of benzene rings is 2. The predicted octanol–water partition coefficient (Wildman–Crippen LogP) is 7.23. The van der Waals surface area contributed by atoms with Crippen LogP contribution in [0.15, 0.2) is 48.5 Å². The molecule has 182 valence electrons. The van der Waals surface area contributed by atoms with Gasteiger partial charge in [-0.25, -0.2) is 4.79 Å². The van der Waals surface area contributed by atoms with E-state index in [0.29, 0.717) is 36.9 Å². The molecule has 2 rings (SSSR count). The lowest BCUT2D eigenvalue weighted by Gasteiger charge is -2.13. The molecule has 0 aromatic heterocycles. The molecule has 0 aliphatic rings. The first-order chi connectivity index (χ1) is 16.1. The largest absolute Gasteiger partial charge is 0.494 e. The third kappa shape index (κ3) is 11.2. The van der Waals surface area contributed by atoms with Crippen LogP contribution in [0, 0.1) is 0 Å². The Labute approximate surface area is 199 Å². The highest BCUT2D eigenvalue weighted by Crippen LogP contribution is 2.20. The molecule has 2 aromatic carbocycles. The minimum atomic E-state index is -0.400. The Hall–Kier alpha value is -2.53.